The van der Waals surface area contributed by atoms with E-state index in [0.717, 1.165) is 5.39 Å². The molecule has 1 aromatic carbocycles. The van der Waals surface area contributed by atoms with Crippen molar-refractivity contribution in [3.05, 3.63) is 58.6 Å². The van der Waals surface area contributed by atoms with Gasteiger partial charge in [-0.3, -0.25) is 24.5 Å². The summed E-state index contributed by atoms with van der Waals surface area (Å²) in [5.74, 6) is 0.234. The smallest absolute Gasteiger partial charge is 0.307 e. The lowest BCUT2D eigenvalue weighted by Crippen LogP contribution is -2.48. The van der Waals surface area contributed by atoms with Gasteiger partial charge in [0.15, 0.2) is 5.76 Å². The van der Waals surface area contributed by atoms with E-state index in [1.165, 1.54) is 17.1 Å². The molecule has 0 unspecified atom stereocenters. The molecule has 9 nitrogen and oxygen atoms in total. The van der Waals surface area contributed by atoms with E-state index in [-0.39, 0.29) is 11.6 Å². The number of hydrogen-bond donors (Lipinski definition) is 0. The molecule has 1 fully saturated rings. The summed E-state index contributed by atoms with van der Waals surface area (Å²) >= 11 is 0. The second-order valence-corrected chi connectivity index (χ2v) is 6.20. The minimum absolute atomic E-state index is 0.0244. The molecule has 1 aliphatic heterocycles. The Morgan fingerprint density at radius 3 is 2.69 bits per heavy atom. The van der Waals surface area contributed by atoms with Crippen molar-refractivity contribution in [3.8, 4) is 0 Å². The maximum atomic E-state index is 12.6. The van der Waals surface area contributed by atoms with Crippen LogP contribution < -0.4 is 0 Å². The molecule has 0 saturated carbocycles. The van der Waals surface area contributed by atoms with Crippen LogP contribution in [0.3, 0.4) is 0 Å². The standard InChI is InChI=1S/C17H17N5O4/c23-17(16-9-13-3-1-2-4-15(13)26-16)20-7-5-19(6-8-20)12-21-11-14(10-18-21)22(24)25/h1-4,9-11H,5-8,12H2. The molecule has 1 saturated heterocycles. The lowest BCUT2D eigenvalue weighted by molar-refractivity contribution is -0.385. The van der Waals surface area contributed by atoms with Crippen molar-refractivity contribution in [3.63, 3.8) is 0 Å². The second-order valence-electron chi connectivity index (χ2n) is 6.20. The summed E-state index contributed by atoms with van der Waals surface area (Å²) < 4.78 is 7.18. The van der Waals surface area contributed by atoms with Gasteiger partial charge in [0.2, 0.25) is 0 Å². The van der Waals surface area contributed by atoms with Gasteiger partial charge < -0.3 is 9.32 Å². The van der Waals surface area contributed by atoms with Gasteiger partial charge in [0.1, 0.15) is 18.0 Å². The largest absolute Gasteiger partial charge is 0.451 e. The highest BCUT2D eigenvalue weighted by Crippen LogP contribution is 2.20. The van der Waals surface area contributed by atoms with Crippen molar-refractivity contribution < 1.29 is 14.1 Å². The number of benzene rings is 1. The Balaban J connectivity index is 1.36. The molecule has 0 radical (unpaired) electrons. The van der Waals surface area contributed by atoms with Crippen LogP contribution in [0.5, 0.6) is 0 Å². The molecule has 4 rings (SSSR count). The molecule has 26 heavy (non-hydrogen) atoms. The van der Waals surface area contributed by atoms with Crippen LogP contribution in [0.15, 0.2) is 47.1 Å². The van der Waals surface area contributed by atoms with Gasteiger partial charge in [0, 0.05) is 31.6 Å². The molecule has 3 aromatic rings. The minimum atomic E-state index is -0.465. The van der Waals surface area contributed by atoms with E-state index < -0.39 is 4.92 Å². The average Bonchev–Trinajstić information content (AvgIpc) is 3.28. The van der Waals surface area contributed by atoms with Crippen LogP contribution in [0.2, 0.25) is 0 Å². The fraction of sp³-hybridized carbons (Fsp3) is 0.294. The van der Waals surface area contributed by atoms with Crippen molar-refractivity contribution >= 4 is 22.6 Å². The van der Waals surface area contributed by atoms with E-state index in [2.05, 4.69) is 10.00 Å². The normalized spacial score (nSPS) is 15.5. The van der Waals surface area contributed by atoms with E-state index in [1.807, 2.05) is 24.3 Å². The summed E-state index contributed by atoms with van der Waals surface area (Å²) in [5.41, 5.74) is 0.679. The summed E-state index contributed by atoms with van der Waals surface area (Å²) in [6.07, 6.45) is 2.65. The van der Waals surface area contributed by atoms with Crippen LogP contribution in [0.25, 0.3) is 11.0 Å². The quantitative estimate of drug-likeness (QED) is 0.524. The molecule has 1 amide bonds. The third kappa shape index (κ3) is 3.16. The van der Waals surface area contributed by atoms with Crippen molar-refractivity contribution in [1.82, 2.24) is 19.6 Å². The first kappa shape index (κ1) is 16.3. The zero-order chi connectivity index (χ0) is 18.1. The number of nitro groups is 1. The zero-order valence-electron chi connectivity index (χ0n) is 13.9. The number of rotatable bonds is 4. The molecule has 3 heterocycles. The Hall–Kier alpha value is -3.20. The van der Waals surface area contributed by atoms with Gasteiger partial charge in [0.05, 0.1) is 11.6 Å². The Morgan fingerprint density at radius 2 is 2.00 bits per heavy atom. The first-order valence-corrected chi connectivity index (χ1v) is 8.27. The zero-order valence-corrected chi connectivity index (χ0v) is 13.9. The van der Waals surface area contributed by atoms with Crippen molar-refractivity contribution in [2.45, 2.75) is 6.67 Å². The molecule has 0 N–H and O–H groups in total. The molecule has 1 aliphatic rings. The van der Waals surface area contributed by atoms with Crippen LogP contribution in [0.4, 0.5) is 5.69 Å². The Bertz CT molecular complexity index is 922. The molecule has 0 aliphatic carbocycles. The number of amides is 1. The molecule has 9 heteroatoms. The number of carbonyl (C=O) groups excluding carboxylic acids is 1. The van der Waals surface area contributed by atoms with Gasteiger partial charge in [-0.1, -0.05) is 18.2 Å². The Kier molecular flexibility index (Phi) is 4.13. The molecule has 0 spiro atoms. The van der Waals surface area contributed by atoms with Crippen LogP contribution in [-0.2, 0) is 6.67 Å². The monoisotopic (exact) mass is 355 g/mol. The Labute approximate surface area is 148 Å². The van der Waals surface area contributed by atoms with Crippen molar-refractivity contribution in [1.29, 1.82) is 0 Å². The summed E-state index contributed by atoms with van der Waals surface area (Å²) in [5, 5.41) is 15.6. The van der Waals surface area contributed by atoms with Gasteiger partial charge in [-0.15, -0.1) is 0 Å². The first-order chi connectivity index (χ1) is 12.6. The number of aromatic nitrogens is 2. The fourth-order valence-corrected chi connectivity index (χ4v) is 3.06. The molecule has 0 bridgehead atoms. The topological polar surface area (TPSA) is 97.7 Å². The van der Waals surface area contributed by atoms with Crippen LogP contribution in [0.1, 0.15) is 10.6 Å². The minimum Gasteiger partial charge on any atom is -0.451 e. The first-order valence-electron chi connectivity index (χ1n) is 8.27. The van der Waals surface area contributed by atoms with Crippen LogP contribution in [-0.4, -0.2) is 56.6 Å². The number of carbonyl (C=O) groups is 1. The van der Waals surface area contributed by atoms with Crippen molar-refractivity contribution in [2.75, 3.05) is 26.2 Å². The van der Waals surface area contributed by atoms with Gasteiger partial charge >= 0.3 is 5.69 Å². The predicted molar refractivity (Wildman–Crippen MR) is 92.6 cm³/mol. The highest BCUT2D eigenvalue weighted by Gasteiger charge is 2.25. The van der Waals surface area contributed by atoms with Crippen LogP contribution in [0, 0.1) is 10.1 Å². The average molecular weight is 355 g/mol. The maximum Gasteiger partial charge on any atom is 0.307 e. The number of fused-ring (bicyclic) bond motifs is 1. The van der Waals surface area contributed by atoms with E-state index in [1.54, 1.807) is 11.0 Å². The van der Waals surface area contributed by atoms with E-state index in [4.69, 9.17) is 4.42 Å². The number of para-hydroxylation sites is 1. The molecular formula is C17H17N5O4. The SMILES string of the molecule is O=C(c1cc2ccccc2o1)N1CCN(Cn2cc([N+](=O)[O-])cn2)CC1. The number of furan rings is 1. The van der Waals surface area contributed by atoms with Gasteiger partial charge in [-0.05, 0) is 12.1 Å². The summed E-state index contributed by atoms with van der Waals surface area (Å²) in [7, 11) is 0. The Morgan fingerprint density at radius 1 is 1.23 bits per heavy atom. The number of nitrogens with zero attached hydrogens (tertiary/aromatic N) is 5. The molecule has 2 aromatic heterocycles. The highest BCUT2D eigenvalue weighted by molar-refractivity contribution is 5.96. The predicted octanol–water partition coefficient (Wildman–Crippen LogP) is 1.95. The molecule has 0 atom stereocenters. The third-order valence-electron chi connectivity index (χ3n) is 4.47. The lowest BCUT2D eigenvalue weighted by atomic mass is 10.2. The summed E-state index contributed by atoms with van der Waals surface area (Å²) in [4.78, 5) is 26.7. The second kappa shape index (κ2) is 6.60. The van der Waals surface area contributed by atoms with Gasteiger partial charge in [0.25, 0.3) is 5.91 Å². The summed E-state index contributed by atoms with van der Waals surface area (Å²) in [6, 6.07) is 9.31. The lowest BCUT2D eigenvalue weighted by Gasteiger charge is -2.34. The van der Waals surface area contributed by atoms with Crippen molar-refractivity contribution in [2.24, 2.45) is 0 Å². The maximum absolute atomic E-state index is 12.6. The van der Waals surface area contributed by atoms with Crippen LogP contribution >= 0.6 is 0 Å². The third-order valence-corrected chi connectivity index (χ3v) is 4.47. The summed E-state index contributed by atoms with van der Waals surface area (Å²) in [6.45, 7) is 2.93. The molecule has 134 valence electrons. The van der Waals surface area contributed by atoms with E-state index in [9.17, 15) is 14.9 Å². The number of hydrogen-bond acceptors (Lipinski definition) is 6. The number of piperazine rings is 1. The fourth-order valence-electron chi connectivity index (χ4n) is 3.06. The van der Waals surface area contributed by atoms with Gasteiger partial charge in [-0.2, -0.15) is 5.10 Å². The molecular weight excluding hydrogens is 338 g/mol. The van der Waals surface area contributed by atoms with E-state index >= 15 is 0 Å². The highest BCUT2D eigenvalue weighted by atomic mass is 16.6. The van der Waals surface area contributed by atoms with Gasteiger partial charge in [-0.25, -0.2) is 0 Å². The van der Waals surface area contributed by atoms with E-state index in [0.29, 0.717) is 44.2 Å².